The molecule has 0 saturated carbocycles. The fraction of sp³-hybridized carbons (Fsp3) is 0.0870. The smallest absolute Gasteiger partial charge is 0.196 e. The van der Waals surface area contributed by atoms with E-state index < -0.39 is 0 Å². The molecule has 0 atom stereocenters. The zero-order chi connectivity index (χ0) is 20.2. The maximum atomic E-state index is 12.6. The molecule has 144 valence electrons. The highest BCUT2D eigenvalue weighted by Crippen LogP contribution is 2.28. The molecule has 0 aliphatic heterocycles. The van der Waals surface area contributed by atoms with E-state index in [9.17, 15) is 4.79 Å². The van der Waals surface area contributed by atoms with E-state index >= 15 is 0 Å². The van der Waals surface area contributed by atoms with E-state index in [1.165, 1.54) is 11.8 Å². The Bertz CT molecular complexity index is 1140. The second kappa shape index (κ2) is 8.64. The number of carbonyl (C=O) groups excluding carboxylic acids is 1. The minimum Gasteiger partial charge on any atom is -0.293 e. The number of benzene rings is 3. The van der Waals surface area contributed by atoms with Crippen LogP contribution in [0, 0.1) is 6.92 Å². The average molecular weight is 420 g/mol. The van der Waals surface area contributed by atoms with Crippen LogP contribution in [0.4, 0.5) is 0 Å². The lowest BCUT2D eigenvalue weighted by Crippen LogP contribution is -2.05. The van der Waals surface area contributed by atoms with Gasteiger partial charge in [0, 0.05) is 21.8 Å². The van der Waals surface area contributed by atoms with Gasteiger partial charge in [0.2, 0.25) is 0 Å². The van der Waals surface area contributed by atoms with Gasteiger partial charge in [0.25, 0.3) is 0 Å². The lowest BCUT2D eigenvalue weighted by molar-refractivity contribution is 0.102. The molecule has 0 bridgehead atoms. The van der Waals surface area contributed by atoms with Crippen LogP contribution in [-0.2, 0) is 0 Å². The first kappa shape index (κ1) is 19.4. The first-order valence-electron chi connectivity index (χ1n) is 9.11. The van der Waals surface area contributed by atoms with Crippen molar-refractivity contribution >= 4 is 29.1 Å². The average Bonchev–Trinajstić information content (AvgIpc) is 3.17. The predicted molar refractivity (Wildman–Crippen MR) is 118 cm³/mol. The summed E-state index contributed by atoms with van der Waals surface area (Å²) in [6, 6.07) is 25.0. The van der Waals surface area contributed by atoms with Crippen molar-refractivity contribution < 1.29 is 4.79 Å². The minimum atomic E-state index is 0.0201. The number of carbonyl (C=O) groups is 1. The topological polar surface area (TPSA) is 47.8 Å². The molecule has 1 heterocycles. The summed E-state index contributed by atoms with van der Waals surface area (Å²) >= 11 is 7.29. The zero-order valence-electron chi connectivity index (χ0n) is 15.7. The van der Waals surface area contributed by atoms with Gasteiger partial charge in [-0.15, -0.1) is 10.2 Å². The third kappa shape index (κ3) is 4.42. The first-order chi connectivity index (χ1) is 14.1. The van der Waals surface area contributed by atoms with E-state index in [1.54, 1.807) is 24.3 Å². The van der Waals surface area contributed by atoms with Gasteiger partial charge in [0.05, 0.1) is 5.75 Å². The Balaban J connectivity index is 1.67. The van der Waals surface area contributed by atoms with Crippen LogP contribution >= 0.6 is 23.4 Å². The summed E-state index contributed by atoms with van der Waals surface area (Å²) in [5, 5.41) is 10.1. The zero-order valence-corrected chi connectivity index (χ0v) is 17.3. The van der Waals surface area contributed by atoms with Gasteiger partial charge in [0.1, 0.15) is 0 Å². The van der Waals surface area contributed by atoms with E-state index in [0.29, 0.717) is 15.7 Å². The van der Waals surface area contributed by atoms with Crippen LogP contribution in [-0.4, -0.2) is 26.3 Å². The van der Waals surface area contributed by atoms with Gasteiger partial charge < -0.3 is 0 Å². The van der Waals surface area contributed by atoms with E-state index in [-0.39, 0.29) is 11.5 Å². The minimum absolute atomic E-state index is 0.0201. The monoisotopic (exact) mass is 419 g/mol. The van der Waals surface area contributed by atoms with Gasteiger partial charge in [-0.2, -0.15) is 0 Å². The van der Waals surface area contributed by atoms with Crippen molar-refractivity contribution in [3.8, 4) is 17.1 Å². The van der Waals surface area contributed by atoms with Gasteiger partial charge in [-0.25, -0.2) is 0 Å². The quantitative estimate of drug-likeness (QED) is 0.289. The van der Waals surface area contributed by atoms with Crippen LogP contribution in [0.3, 0.4) is 0 Å². The van der Waals surface area contributed by atoms with Crippen molar-refractivity contribution in [2.45, 2.75) is 12.1 Å². The summed E-state index contributed by atoms with van der Waals surface area (Å²) in [6.07, 6.45) is 0. The standard InChI is InChI=1S/C23H18ClN3OS/c1-16-6-5-9-20(14-16)27-22(18-7-3-2-4-8-18)25-26-23(27)29-15-21(28)17-10-12-19(24)13-11-17/h2-14H,15H2,1H3. The Kier molecular flexibility index (Phi) is 5.79. The lowest BCUT2D eigenvalue weighted by atomic mass is 10.1. The number of aromatic nitrogens is 3. The lowest BCUT2D eigenvalue weighted by Gasteiger charge is -2.11. The highest BCUT2D eigenvalue weighted by molar-refractivity contribution is 7.99. The number of halogens is 1. The number of aryl methyl sites for hydroxylation is 1. The summed E-state index contributed by atoms with van der Waals surface area (Å²) in [6.45, 7) is 2.05. The van der Waals surface area contributed by atoms with Crippen molar-refractivity contribution in [3.05, 3.63) is 95.0 Å². The fourth-order valence-electron chi connectivity index (χ4n) is 2.99. The largest absolute Gasteiger partial charge is 0.293 e. The normalized spacial score (nSPS) is 10.8. The highest BCUT2D eigenvalue weighted by atomic mass is 35.5. The third-order valence-corrected chi connectivity index (χ3v) is 5.60. The van der Waals surface area contributed by atoms with E-state index in [2.05, 4.69) is 16.3 Å². The molecular formula is C23H18ClN3OS. The Morgan fingerprint density at radius 3 is 2.45 bits per heavy atom. The van der Waals surface area contributed by atoms with Crippen LogP contribution in [0.5, 0.6) is 0 Å². The summed E-state index contributed by atoms with van der Waals surface area (Å²) in [5.41, 5.74) is 3.71. The molecule has 29 heavy (non-hydrogen) atoms. The summed E-state index contributed by atoms with van der Waals surface area (Å²) in [5.74, 6) is 1.03. The first-order valence-corrected chi connectivity index (χ1v) is 10.5. The van der Waals surface area contributed by atoms with E-state index in [0.717, 1.165) is 22.6 Å². The summed E-state index contributed by atoms with van der Waals surface area (Å²) in [7, 11) is 0. The molecular weight excluding hydrogens is 402 g/mol. The third-order valence-electron chi connectivity index (χ3n) is 4.42. The van der Waals surface area contributed by atoms with Crippen molar-refractivity contribution in [1.29, 1.82) is 0 Å². The molecule has 0 amide bonds. The Labute approximate surface area is 178 Å². The van der Waals surface area contributed by atoms with E-state index in [1.807, 2.05) is 60.0 Å². The molecule has 0 spiro atoms. The molecule has 0 fully saturated rings. The molecule has 0 unspecified atom stereocenters. The number of Topliss-reactive ketones (excluding diaryl/α,β-unsaturated/α-hetero) is 1. The van der Waals surface area contributed by atoms with Gasteiger partial charge >= 0.3 is 0 Å². The number of rotatable bonds is 6. The van der Waals surface area contributed by atoms with Crippen LogP contribution in [0.1, 0.15) is 15.9 Å². The number of hydrogen-bond acceptors (Lipinski definition) is 4. The number of thioether (sulfide) groups is 1. The van der Waals surface area contributed by atoms with Gasteiger partial charge in [-0.05, 0) is 48.9 Å². The predicted octanol–water partition coefficient (Wildman–Crippen LogP) is 5.87. The van der Waals surface area contributed by atoms with Crippen molar-refractivity contribution in [1.82, 2.24) is 14.8 Å². The molecule has 0 radical (unpaired) electrons. The Hall–Kier alpha value is -2.89. The molecule has 0 N–H and O–H groups in total. The molecule has 3 aromatic carbocycles. The van der Waals surface area contributed by atoms with Crippen LogP contribution in [0.15, 0.2) is 84.0 Å². The van der Waals surface area contributed by atoms with Crippen LogP contribution < -0.4 is 0 Å². The van der Waals surface area contributed by atoms with E-state index in [4.69, 9.17) is 11.6 Å². The van der Waals surface area contributed by atoms with Gasteiger partial charge in [-0.3, -0.25) is 9.36 Å². The molecule has 4 rings (SSSR count). The van der Waals surface area contributed by atoms with Crippen molar-refractivity contribution in [3.63, 3.8) is 0 Å². The Morgan fingerprint density at radius 1 is 0.966 bits per heavy atom. The number of hydrogen-bond donors (Lipinski definition) is 0. The van der Waals surface area contributed by atoms with Crippen LogP contribution in [0.25, 0.3) is 17.1 Å². The number of ketones is 1. The molecule has 6 heteroatoms. The fourth-order valence-corrected chi connectivity index (χ4v) is 3.96. The van der Waals surface area contributed by atoms with Crippen LogP contribution in [0.2, 0.25) is 5.02 Å². The molecule has 4 nitrogen and oxygen atoms in total. The molecule has 4 aromatic rings. The maximum Gasteiger partial charge on any atom is 0.196 e. The molecule has 1 aromatic heterocycles. The molecule has 0 aliphatic carbocycles. The molecule has 0 saturated heterocycles. The number of nitrogens with zero attached hydrogens (tertiary/aromatic N) is 3. The summed E-state index contributed by atoms with van der Waals surface area (Å²) < 4.78 is 2.00. The van der Waals surface area contributed by atoms with Gasteiger partial charge in [0.15, 0.2) is 16.8 Å². The Morgan fingerprint density at radius 2 is 1.72 bits per heavy atom. The SMILES string of the molecule is Cc1cccc(-n2c(SCC(=O)c3ccc(Cl)cc3)nnc2-c2ccccc2)c1. The van der Waals surface area contributed by atoms with Gasteiger partial charge in [-0.1, -0.05) is 65.8 Å². The summed E-state index contributed by atoms with van der Waals surface area (Å²) in [4.78, 5) is 12.6. The second-order valence-electron chi connectivity index (χ2n) is 6.57. The maximum absolute atomic E-state index is 12.6. The second-order valence-corrected chi connectivity index (χ2v) is 7.94. The highest BCUT2D eigenvalue weighted by Gasteiger charge is 2.17. The van der Waals surface area contributed by atoms with Crippen molar-refractivity contribution in [2.75, 3.05) is 5.75 Å². The molecule has 0 aliphatic rings. The van der Waals surface area contributed by atoms with Crippen molar-refractivity contribution in [2.24, 2.45) is 0 Å².